The fourth-order valence-corrected chi connectivity index (χ4v) is 3.54. The van der Waals surface area contributed by atoms with Gasteiger partial charge in [-0.3, -0.25) is 4.72 Å². The third-order valence-corrected chi connectivity index (χ3v) is 5.17. The summed E-state index contributed by atoms with van der Waals surface area (Å²) in [5.41, 5.74) is 0.859. The van der Waals surface area contributed by atoms with Crippen molar-refractivity contribution in [2.24, 2.45) is 0 Å². The van der Waals surface area contributed by atoms with Crippen LogP contribution < -0.4 is 9.62 Å². The number of rotatable bonds is 5. The molecule has 0 bridgehead atoms. The van der Waals surface area contributed by atoms with Crippen LogP contribution in [0.25, 0.3) is 0 Å². The summed E-state index contributed by atoms with van der Waals surface area (Å²) in [4.78, 5) is 21.7. The van der Waals surface area contributed by atoms with E-state index < -0.39 is 34.0 Å². The molecule has 0 spiro atoms. The molecule has 31 heavy (non-hydrogen) atoms. The Morgan fingerprint density at radius 3 is 2.03 bits per heavy atom. The number of halogens is 4. The van der Waals surface area contributed by atoms with Crippen molar-refractivity contribution >= 4 is 33.3 Å². The Morgan fingerprint density at radius 1 is 1.03 bits per heavy atom. The molecule has 0 aliphatic heterocycles. The monoisotopic (exact) mass is 466 g/mol. The predicted molar refractivity (Wildman–Crippen MR) is 103 cm³/mol. The highest BCUT2D eigenvalue weighted by molar-refractivity contribution is 7.92. The third-order valence-electron chi connectivity index (χ3n) is 3.64. The van der Waals surface area contributed by atoms with Crippen molar-refractivity contribution in [3.8, 4) is 0 Å². The van der Waals surface area contributed by atoms with Crippen LogP contribution in [0.2, 0.25) is 0 Å². The maximum Gasteiger partial charge on any atom is 0.490 e. The van der Waals surface area contributed by atoms with Crippen molar-refractivity contribution < 1.29 is 45.8 Å². The van der Waals surface area contributed by atoms with Crippen LogP contribution in [0.1, 0.15) is 15.9 Å². The summed E-state index contributed by atoms with van der Waals surface area (Å²) in [7, 11) is -0.674. The highest BCUT2D eigenvalue weighted by atomic mass is 32.2. The van der Waals surface area contributed by atoms with Gasteiger partial charge in [-0.1, -0.05) is 6.07 Å². The maximum atomic E-state index is 13.4. The summed E-state index contributed by atoms with van der Waals surface area (Å²) in [5, 5.41) is 16.4. The number of hydrogen-bond acceptors (Lipinski definition) is 5. The van der Waals surface area contributed by atoms with Gasteiger partial charge in [-0.2, -0.15) is 13.2 Å². The van der Waals surface area contributed by atoms with E-state index in [4.69, 9.17) is 9.90 Å². The summed E-state index contributed by atoms with van der Waals surface area (Å²) >= 11 is 0. The van der Waals surface area contributed by atoms with Gasteiger partial charge in [0.25, 0.3) is 10.0 Å². The highest BCUT2D eigenvalue weighted by Gasteiger charge is 2.38. The smallest absolute Gasteiger partial charge is 0.478 e. The molecule has 2 aromatic carbocycles. The molecule has 8 nitrogen and oxygen atoms in total. The number of benzene rings is 2. The molecule has 0 amide bonds. The molecule has 0 unspecified atom stereocenters. The molecule has 0 aliphatic carbocycles. The van der Waals surface area contributed by atoms with Gasteiger partial charge in [-0.05, 0) is 42.8 Å². The molecule has 0 aliphatic rings. The number of carbonyl (C=O) groups is 2. The van der Waals surface area contributed by atoms with Gasteiger partial charge in [0, 0.05) is 19.8 Å². The second kappa shape index (κ2) is 9.64. The van der Waals surface area contributed by atoms with Gasteiger partial charge in [0.05, 0.1) is 16.1 Å². The number of nitrogens with zero attached hydrogens (tertiary/aromatic N) is 1. The first-order valence-corrected chi connectivity index (χ1v) is 9.68. The average Bonchev–Trinajstić information content (AvgIpc) is 2.62. The lowest BCUT2D eigenvalue weighted by molar-refractivity contribution is -0.192. The van der Waals surface area contributed by atoms with E-state index in [2.05, 4.69) is 4.72 Å². The lowest BCUT2D eigenvalue weighted by Gasteiger charge is -2.17. The van der Waals surface area contributed by atoms with Crippen LogP contribution in [0.4, 0.5) is 28.9 Å². The zero-order chi connectivity index (χ0) is 24.1. The zero-order valence-electron chi connectivity index (χ0n) is 16.4. The minimum Gasteiger partial charge on any atom is -0.478 e. The number of hydrogen-bond donors (Lipinski definition) is 3. The van der Waals surface area contributed by atoms with Gasteiger partial charge >= 0.3 is 18.1 Å². The van der Waals surface area contributed by atoms with Crippen molar-refractivity contribution in [2.45, 2.75) is 18.0 Å². The van der Waals surface area contributed by atoms with Crippen LogP contribution in [-0.2, 0) is 14.8 Å². The second-order valence-corrected chi connectivity index (χ2v) is 7.90. The number of aliphatic carboxylic acids is 1. The first-order valence-electron chi connectivity index (χ1n) is 8.20. The molecule has 0 radical (unpaired) electrons. The van der Waals surface area contributed by atoms with Crippen LogP contribution >= 0.6 is 0 Å². The molecule has 0 aromatic heterocycles. The number of nitrogens with one attached hydrogen (secondary N) is 1. The first kappa shape index (κ1) is 25.7. The summed E-state index contributed by atoms with van der Waals surface area (Å²) in [6, 6.07) is 7.63. The molecule has 0 heterocycles. The number of anilines is 2. The van der Waals surface area contributed by atoms with E-state index in [-0.39, 0.29) is 16.1 Å². The van der Waals surface area contributed by atoms with E-state index in [9.17, 15) is 35.9 Å². The standard InChI is InChI=1S/C16H17FN2O4S.C2HF3O2/c1-10-4-5-11(17)8-15(10)24(22,23)18-12-6-7-14(19(2)3)13(9-12)16(20)21;3-2(4,5)1(6)7/h4-9,18H,1-3H3,(H,20,21);(H,6,7). The van der Waals surface area contributed by atoms with Crippen molar-refractivity contribution in [2.75, 3.05) is 23.7 Å². The van der Waals surface area contributed by atoms with Gasteiger partial charge in [0.15, 0.2) is 0 Å². The van der Waals surface area contributed by atoms with Crippen LogP contribution in [0.15, 0.2) is 41.3 Å². The number of alkyl halides is 3. The fraction of sp³-hybridized carbons (Fsp3) is 0.222. The van der Waals surface area contributed by atoms with Crippen LogP contribution in [-0.4, -0.2) is 50.8 Å². The lowest BCUT2D eigenvalue weighted by atomic mass is 10.1. The Bertz CT molecular complexity index is 1080. The molecular weight excluding hydrogens is 448 g/mol. The largest absolute Gasteiger partial charge is 0.490 e. The molecule has 2 rings (SSSR count). The number of carboxylic acid groups (broad SMARTS) is 2. The summed E-state index contributed by atoms with van der Waals surface area (Å²) < 4.78 is 72.3. The van der Waals surface area contributed by atoms with E-state index in [1.807, 2.05) is 0 Å². The first-order chi connectivity index (χ1) is 14.1. The van der Waals surface area contributed by atoms with Crippen LogP contribution in [0.3, 0.4) is 0 Å². The minimum atomic E-state index is -5.08. The van der Waals surface area contributed by atoms with Crippen molar-refractivity contribution in [1.82, 2.24) is 0 Å². The Balaban J connectivity index is 0.000000592. The van der Waals surface area contributed by atoms with E-state index >= 15 is 0 Å². The quantitative estimate of drug-likeness (QED) is 0.578. The van der Waals surface area contributed by atoms with Gasteiger partial charge < -0.3 is 15.1 Å². The van der Waals surface area contributed by atoms with Gasteiger partial charge in [0.1, 0.15) is 5.82 Å². The predicted octanol–water partition coefficient (Wildman–Crippen LogP) is 3.33. The molecule has 0 atom stereocenters. The molecular formula is C18H18F4N2O6S. The Morgan fingerprint density at radius 2 is 1.58 bits per heavy atom. The van der Waals surface area contributed by atoms with Crippen molar-refractivity contribution in [1.29, 1.82) is 0 Å². The molecule has 3 N–H and O–H groups in total. The third kappa shape index (κ3) is 7.13. The number of aryl methyl sites for hydroxylation is 1. The van der Waals surface area contributed by atoms with Crippen LogP contribution in [0, 0.1) is 12.7 Å². The SMILES string of the molecule is Cc1ccc(F)cc1S(=O)(=O)Nc1ccc(N(C)C)c(C(=O)O)c1.O=C(O)C(F)(F)F. The Kier molecular flexibility index (Phi) is 7.99. The van der Waals surface area contributed by atoms with Gasteiger partial charge in [-0.15, -0.1) is 0 Å². The Hall–Kier alpha value is -3.35. The van der Waals surface area contributed by atoms with E-state index in [0.29, 0.717) is 11.3 Å². The number of aromatic carboxylic acids is 1. The van der Waals surface area contributed by atoms with E-state index in [1.54, 1.807) is 25.9 Å². The summed E-state index contributed by atoms with van der Waals surface area (Å²) in [6.07, 6.45) is -5.08. The van der Waals surface area contributed by atoms with Gasteiger partial charge in [0.2, 0.25) is 0 Å². The normalized spacial score (nSPS) is 11.2. The molecule has 13 heteroatoms. The number of sulfonamides is 1. The van der Waals surface area contributed by atoms with E-state index in [0.717, 1.165) is 6.07 Å². The van der Waals surface area contributed by atoms with E-state index in [1.165, 1.54) is 30.3 Å². The molecule has 2 aromatic rings. The Labute approximate surface area is 174 Å². The van der Waals surface area contributed by atoms with Crippen molar-refractivity contribution in [3.63, 3.8) is 0 Å². The fourth-order valence-electron chi connectivity index (χ4n) is 2.23. The van der Waals surface area contributed by atoms with Gasteiger partial charge in [-0.25, -0.2) is 22.4 Å². The second-order valence-electron chi connectivity index (χ2n) is 6.25. The summed E-state index contributed by atoms with van der Waals surface area (Å²) in [6.45, 7) is 1.55. The molecule has 170 valence electrons. The molecule has 0 fully saturated rings. The van der Waals surface area contributed by atoms with Crippen molar-refractivity contribution in [3.05, 3.63) is 53.3 Å². The molecule has 0 saturated heterocycles. The molecule has 0 saturated carbocycles. The number of carboxylic acids is 2. The maximum absolute atomic E-state index is 13.4. The lowest BCUT2D eigenvalue weighted by Crippen LogP contribution is -2.21. The average molecular weight is 466 g/mol. The minimum absolute atomic E-state index is 0.0452. The van der Waals surface area contributed by atoms with Crippen LogP contribution in [0.5, 0.6) is 0 Å². The topological polar surface area (TPSA) is 124 Å². The highest BCUT2D eigenvalue weighted by Crippen LogP contribution is 2.26. The summed E-state index contributed by atoms with van der Waals surface area (Å²) in [5.74, 6) is -4.61. The zero-order valence-corrected chi connectivity index (χ0v) is 17.2.